The number of esters is 1. The molecule has 0 aromatic heterocycles. The van der Waals surface area contributed by atoms with Crippen molar-refractivity contribution in [2.75, 3.05) is 32.8 Å². The Morgan fingerprint density at radius 1 is 0.839 bits per heavy atom. The van der Waals surface area contributed by atoms with E-state index in [0.717, 1.165) is 6.29 Å². The number of likely N-dealkylation sites (tertiary alicyclic amines) is 2. The van der Waals surface area contributed by atoms with Crippen LogP contribution in [0.1, 0.15) is 48.5 Å². The van der Waals surface area contributed by atoms with Crippen LogP contribution >= 0.6 is 0 Å². The molecule has 0 saturated carbocycles. The second-order valence-corrected chi connectivity index (χ2v) is 9.54. The second kappa shape index (κ2) is 11.2. The fourth-order valence-corrected chi connectivity index (χ4v) is 2.59. The first kappa shape index (κ1) is 26.5. The highest BCUT2D eigenvalue weighted by Crippen LogP contribution is 2.20. The van der Waals surface area contributed by atoms with Gasteiger partial charge in [-0.1, -0.05) is 6.08 Å². The van der Waals surface area contributed by atoms with Gasteiger partial charge in [0.2, 0.25) is 0 Å². The van der Waals surface area contributed by atoms with Crippen LogP contribution in [0.15, 0.2) is 12.2 Å². The van der Waals surface area contributed by atoms with E-state index in [1.807, 2.05) is 41.5 Å². The number of carbonyl (C=O) groups is 4. The molecule has 176 valence electrons. The second-order valence-electron chi connectivity index (χ2n) is 9.54. The van der Waals surface area contributed by atoms with E-state index < -0.39 is 11.2 Å². The zero-order chi connectivity index (χ0) is 23.8. The van der Waals surface area contributed by atoms with Crippen LogP contribution in [0, 0.1) is 11.8 Å². The maximum absolute atomic E-state index is 11.6. The molecule has 0 aliphatic carbocycles. The zero-order valence-corrected chi connectivity index (χ0v) is 19.7. The third-order valence-electron chi connectivity index (χ3n) is 4.11. The predicted molar refractivity (Wildman–Crippen MR) is 114 cm³/mol. The van der Waals surface area contributed by atoms with Gasteiger partial charge in [0.05, 0.1) is 12.5 Å². The molecule has 0 aromatic carbocycles. The summed E-state index contributed by atoms with van der Waals surface area (Å²) in [4.78, 5) is 47.4. The maximum Gasteiger partial charge on any atom is 0.410 e. The summed E-state index contributed by atoms with van der Waals surface area (Å²) in [6.45, 7) is 15.3. The van der Waals surface area contributed by atoms with Crippen LogP contribution < -0.4 is 0 Å². The summed E-state index contributed by atoms with van der Waals surface area (Å²) in [6.07, 6.45) is 3.44. The number of hydrogen-bond acceptors (Lipinski definition) is 7. The molecule has 2 rings (SSSR count). The molecule has 0 atom stereocenters. The van der Waals surface area contributed by atoms with Crippen LogP contribution in [-0.2, 0) is 23.8 Å². The molecule has 2 fully saturated rings. The van der Waals surface area contributed by atoms with Crippen LogP contribution in [0.5, 0.6) is 0 Å². The first-order valence-corrected chi connectivity index (χ1v) is 10.5. The van der Waals surface area contributed by atoms with E-state index in [0.29, 0.717) is 32.8 Å². The number of carbonyl (C=O) groups excluding carboxylic acids is 4. The Morgan fingerprint density at radius 3 is 1.61 bits per heavy atom. The largest absolute Gasteiger partial charge is 0.463 e. The SMILES string of the molecule is CC(C)(C)OC(=O)N1CC(C=O)C1.CCOC(=O)/C=C/C1CN(C(=O)OC(C)(C)C)C1. The molecule has 9 nitrogen and oxygen atoms in total. The van der Waals surface area contributed by atoms with E-state index in [4.69, 9.17) is 14.2 Å². The highest BCUT2D eigenvalue weighted by Gasteiger charge is 2.33. The molecule has 0 unspecified atom stereocenters. The standard InChI is InChI=1S/C13H21NO4.C9H15NO3/c1-5-17-11(15)7-6-10-8-14(9-10)12(16)18-13(2,3)4;1-9(2,3)13-8(12)10-4-7(5-10)6-11/h6-7,10H,5,8-9H2,1-4H3;6-7H,4-5H2,1-3H3/b7-6+;. The van der Waals surface area contributed by atoms with Gasteiger partial charge in [0.1, 0.15) is 17.5 Å². The molecule has 2 aliphatic heterocycles. The summed E-state index contributed by atoms with van der Waals surface area (Å²) >= 11 is 0. The molecule has 9 heteroatoms. The summed E-state index contributed by atoms with van der Waals surface area (Å²) < 4.78 is 15.1. The molecule has 0 radical (unpaired) electrons. The van der Waals surface area contributed by atoms with Gasteiger partial charge in [0, 0.05) is 38.2 Å². The first-order chi connectivity index (χ1) is 14.2. The van der Waals surface area contributed by atoms with Gasteiger partial charge in [-0.3, -0.25) is 0 Å². The predicted octanol–water partition coefficient (Wildman–Crippen LogP) is 3.02. The lowest BCUT2D eigenvalue weighted by atomic mass is 10.0. The Hall–Kier alpha value is -2.58. The lowest BCUT2D eigenvalue weighted by molar-refractivity contribution is -0.137. The zero-order valence-electron chi connectivity index (χ0n) is 19.7. The van der Waals surface area contributed by atoms with E-state index in [-0.39, 0.29) is 30.0 Å². The number of rotatable bonds is 4. The van der Waals surface area contributed by atoms with Gasteiger partial charge in [-0.2, -0.15) is 0 Å². The quantitative estimate of drug-likeness (QED) is 0.286. The van der Waals surface area contributed by atoms with Gasteiger partial charge >= 0.3 is 18.2 Å². The highest BCUT2D eigenvalue weighted by molar-refractivity contribution is 5.82. The normalized spacial score (nSPS) is 17.1. The summed E-state index contributed by atoms with van der Waals surface area (Å²) in [5, 5.41) is 0. The topological polar surface area (TPSA) is 102 Å². The van der Waals surface area contributed by atoms with Gasteiger partial charge in [0.25, 0.3) is 0 Å². The molecule has 2 saturated heterocycles. The molecular formula is C22H36N2O7. The molecule has 2 amide bonds. The van der Waals surface area contributed by atoms with Crippen molar-refractivity contribution < 1.29 is 33.4 Å². The Bertz CT molecular complexity index is 664. The lowest BCUT2D eigenvalue weighted by Crippen LogP contribution is -2.52. The molecule has 2 aliphatic rings. The van der Waals surface area contributed by atoms with Crippen LogP contribution in [-0.4, -0.2) is 78.2 Å². The van der Waals surface area contributed by atoms with E-state index >= 15 is 0 Å². The summed E-state index contributed by atoms with van der Waals surface area (Å²) in [7, 11) is 0. The van der Waals surface area contributed by atoms with Crippen molar-refractivity contribution in [1.82, 2.24) is 9.80 Å². The summed E-state index contributed by atoms with van der Waals surface area (Å²) in [5.41, 5.74) is -0.924. The van der Waals surface area contributed by atoms with Crippen molar-refractivity contribution in [1.29, 1.82) is 0 Å². The van der Waals surface area contributed by atoms with Gasteiger partial charge in [-0.15, -0.1) is 0 Å². The van der Waals surface area contributed by atoms with Crippen molar-refractivity contribution in [3.05, 3.63) is 12.2 Å². The van der Waals surface area contributed by atoms with Crippen molar-refractivity contribution in [2.24, 2.45) is 11.8 Å². The van der Waals surface area contributed by atoms with Gasteiger partial charge < -0.3 is 28.8 Å². The van der Waals surface area contributed by atoms with Crippen LogP contribution in [0.4, 0.5) is 9.59 Å². The van der Waals surface area contributed by atoms with E-state index in [2.05, 4.69) is 0 Å². The fraction of sp³-hybridized carbons (Fsp3) is 0.727. The Labute approximate surface area is 184 Å². The van der Waals surface area contributed by atoms with Crippen molar-refractivity contribution in [3.8, 4) is 0 Å². The smallest absolute Gasteiger partial charge is 0.410 e. The number of hydrogen-bond donors (Lipinski definition) is 0. The monoisotopic (exact) mass is 440 g/mol. The van der Waals surface area contributed by atoms with Crippen LogP contribution in [0.2, 0.25) is 0 Å². The maximum atomic E-state index is 11.6. The highest BCUT2D eigenvalue weighted by atomic mass is 16.6. The Morgan fingerprint density at radius 2 is 1.26 bits per heavy atom. The van der Waals surface area contributed by atoms with E-state index in [1.165, 1.54) is 11.0 Å². The van der Waals surface area contributed by atoms with Gasteiger partial charge in [0.15, 0.2) is 0 Å². The molecule has 0 bridgehead atoms. The average Bonchev–Trinajstić information content (AvgIpc) is 2.49. The molecule has 0 N–H and O–H groups in total. The molecule has 0 spiro atoms. The summed E-state index contributed by atoms with van der Waals surface area (Å²) in [5.74, 6) is -0.123. The third-order valence-corrected chi connectivity index (χ3v) is 4.11. The molecule has 0 aromatic rings. The first-order valence-electron chi connectivity index (χ1n) is 10.5. The van der Waals surface area contributed by atoms with Crippen LogP contribution in [0.3, 0.4) is 0 Å². The number of aldehydes is 1. The fourth-order valence-electron chi connectivity index (χ4n) is 2.59. The van der Waals surface area contributed by atoms with Gasteiger partial charge in [-0.05, 0) is 48.5 Å². The number of nitrogens with zero attached hydrogens (tertiary/aromatic N) is 2. The van der Waals surface area contributed by atoms with Crippen molar-refractivity contribution in [3.63, 3.8) is 0 Å². The van der Waals surface area contributed by atoms with Gasteiger partial charge in [-0.25, -0.2) is 14.4 Å². The Kier molecular flexibility index (Phi) is 9.52. The Balaban J connectivity index is 0.000000327. The molecule has 2 heterocycles. The minimum absolute atomic E-state index is 0.00696. The van der Waals surface area contributed by atoms with E-state index in [1.54, 1.807) is 17.9 Å². The molecular weight excluding hydrogens is 404 g/mol. The minimum Gasteiger partial charge on any atom is -0.463 e. The average molecular weight is 441 g/mol. The number of amides is 2. The lowest BCUT2D eigenvalue weighted by Gasteiger charge is -2.38. The third kappa shape index (κ3) is 10.3. The van der Waals surface area contributed by atoms with Crippen molar-refractivity contribution >= 4 is 24.4 Å². The summed E-state index contributed by atoms with van der Waals surface area (Å²) in [6, 6.07) is 0. The van der Waals surface area contributed by atoms with Crippen LogP contribution in [0.25, 0.3) is 0 Å². The molecule has 31 heavy (non-hydrogen) atoms. The minimum atomic E-state index is -0.469. The van der Waals surface area contributed by atoms with Crippen molar-refractivity contribution in [2.45, 2.75) is 59.7 Å². The number of ether oxygens (including phenoxy) is 3. The van der Waals surface area contributed by atoms with E-state index in [9.17, 15) is 19.2 Å².